The molecule has 1 heterocycles. The van der Waals surface area contributed by atoms with Crippen molar-refractivity contribution in [1.29, 1.82) is 5.26 Å². The molecule has 0 aliphatic carbocycles. The molecule has 1 amide bonds. The molecule has 0 aromatic carbocycles. The second kappa shape index (κ2) is 6.82. The van der Waals surface area contributed by atoms with Crippen molar-refractivity contribution in [3.05, 3.63) is 23.5 Å². The first kappa shape index (κ1) is 14.3. The summed E-state index contributed by atoms with van der Waals surface area (Å²) in [7, 11) is 1.85. The highest BCUT2D eigenvalue weighted by atomic mass is 16.1. The van der Waals surface area contributed by atoms with Gasteiger partial charge >= 0.3 is 0 Å². The van der Waals surface area contributed by atoms with Crippen LogP contribution in [0, 0.1) is 17.2 Å². The number of aryl methyl sites for hydroxylation is 1. The van der Waals surface area contributed by atoms with E-state index in [1.54, 1.807) is 4.57 Å². The molecule has 18 heavy (non-hydrogen) atoms. The molecule has 0 radical (unpaired) electrons. The van der Waals surface area contributed by atoms with Crippen molar-refractivity contribution < 1.29 is 4.79 Å². The lowest BCUT2D eigenvalue weighted by molar-refractivity contribution is -0.123. The molecule has 5 heteroatoms. The van der Waals surface area contributed by atoms with Crippen LogP contribution in [-0.4, -0.2) is 23.6 Å². The summed E-state index contributed by atoms with van der Waals surface area (Å²) in [5.41, 5.74) is 1.73. The number of hydrogen-bond donors (Lipinski definition) is 2. The molecule has 0 atom stereocenters. The first-order valence-electron chi connectivity index (χ1n) is 6.08. The summed E-state index contributed by atoms with van der Waals surface area (Å²) in [4.78, 5) is 11.3. The van der Waals surface area contributed by atoms with E-state index in [0.717, 1.165) is 12.1 Å². The van der Waals surface area contributed by atoms with Crippen LogP contribution in [0.3, 0.4) is 0 Å². The van der Waals surface area contributed by atoms with E-state index < -0.39 is 0 Å². The molecule has 98 valence electrons. The quantitative estimate of drug-likeness (QED) is 0.730. The third kappa shape index (κ3) is 4.22. The van der Waals surface area contributed by atoms with Gasteiger partial charge in [-0.25, -0.2) is 0 Å². The smallest absolute Gasteiger partial charge is 0.222 e. The van der Waals surface area contributed by atoms with Gasteiger partial charge in [-0.1, -0.05) is 13.8 Å². The molecule has 1 aromatic heterocycles. The van der Waals surface area contributed by atoms with E-state index >= 15 is 0 Å². The number of nitrogens with zero attached hydrogens (tertiary/aromatic N) is 2. The molecule has 0 aliphatic rings. The van der Waals surface area contributed by atoms with Gasteiger partial charge in [0.05, 0.1) is 0 Å². The first-order valence-corrected chi connectivity index (χ1v) is 6.08. The molecule has 0 spiro atoms. The number of hydrogen-bond acceptors (Lipinski definition) is 3. The van der Waals surface area contributed by atoms with E-state index in [1.807, 2.05) is 33.2 Å². The molecule has 0 aliphatic heterocycles. The maximum atomic E-state index is 11.3. The van der Waals surface area contributed by atoms with Crippen LogP contribution < -0.4 is 10.6 Å². The van der Waals surface area contributed by atoms with Gasteiger partial charge in [0.25, 0.3) is 0 Å². The van der Waals surface area contributed by atoms with Gasteiger partial charge in [0.15, 0.2) is 0 Å². The monoisotopic (exact) mass is 248 g/mol. The first-order chi connectivity index (χ1) is 8.54. The Morgan fingerprint density at radius 2 is 2.22 bits per heavy atom. The molecule has 0 saturated carbocycles. The standard InChI is InChI=1S/C13H20N4O/c1-10(2)13(18)16-5-4-15-8-11-6-12(7-14)17(3)9-11/h6,9-10,15H,4-5,8H2,1-3H3,(H,16,18). The number of nitrogens with one attached hydrogen (secondary N) is 2. The van der Waals surface area contributed by atoms with E-state index in [0.29, 0.717) is 18.8 Å². The van der Waals surface area contributed by atoms with Gasteiger partial charge < -0.3 is 15.2 Å². The van der Waals surface area contributed by atoms with Crippen LogP contribution in [0.4, 0.5) is 0 Å². The summed E-state index contributed by atoms with van der Waals surface area (Å²) in [5.74, 6) is 0.0978. The van der Waals surface area contributed by atoms with Crippen LogP contribution in [0.5, 0.6) is 0 Å². The van der Waals surface area contributed by atoms with E-state index in [9.17, 15) is 4.79 Å². The fourth-order valence-corrected chi connectivity index (χ4v) is 1.55. The minimum absolute atomic E-state index is 0.0253. The number of nitriles is 1. The van der Waals surface area contributed by atoms with Gasteiger partial charge in [-0.05, 0) is 11.6 Å². The molecule has 5 nitrogen and oxygen atoms in total. The van der Waals surface area contributed by atoms with Crippen LogP contribution in [0.2, 0.25) is 0 Å². The lowest BCUT2D eigenvalue weighted by atomic mass is 10.2. The highest BCUT2D eigenvalue weighted by molar-refractivity contribution is 5.77. The molecular weight excluding hydrogens is 228 g/mol. The Morgan fingerprint density at radius 1 is 1.50 bits per heavy atom. The average molecular weight is 248 g/mol. The van der Waals surface area contributed by atoms with Gasteiger partial charge in [0.1, 0.15) is 11.8 Å². The summed E-state index contributed by atoms with van der Waals surface area (Å²) >= 11 is 0. The Labute approximate surface area is 108 Å². The Bertz CT molecular complexity index is 442. The third-order valence-corrected chi connectivity index (χ3v) is 2.63. The fraction of sp³-hybridized carbons (Fsp3) is 0.538. The fourth-order valence-electron chi connectivity index (χ4n) is 1.55. The summed E-state index contributed by atoms with van der Waals surface area (Å²) in [6.45, 7) is 5.78. The van der Waals surface area contributed by atoms with E-state index in [2.05, 4.69) is 16.7 Å². The maximum Gasteiger partial charge on any atom is 0.222 e. The van der Waals surface area contributed by atoms with E-state index in [4.69, 9.17) is 5.26 Å². The van der Waals surface area contributed by atoms with Crippen molar-refractivity contribution in [3.63, 3.8) is 0 Å². The Balaban J connectivity index is 2.22. The zero-order valence-electron chi connectivity index (χ0n) is 11.2. The van der Waals surface area contributed by atoms with Gasteiger partial charge in [-0.3, -0.25) is 4.79 Å². The van der Waals surface area contributed by atoms with Gasteiger partial charge in [-0.2, -0.15) is 5.26 Å². The largest absolute Gasteiger partial charge is 0.355 e. The molecule has 0 fully saturated rings. The Kier molecular flexibility index (Phi) is 5.40. The number of amides is 1. The van der Waals surface area contributed by atoms with Crippen molar-refractivity contribution in [3.8, 4) is 6.07 Å². The lowest BCUT2D eigenvalue weighted by Crippen LogP contribution is -2.34. The third-order valence-electron chi connectivity index (χ3n) is 2.63. The van der Waals surface area contributed by atoms with Gasteiger partial charge in [-0.15, -0.1) is 0 Å². The molecular formula is C13H20N4O. The molecule has 0 bridgehead atoms. The van der Waals surface area contributed by atoms with Gasteiger partial charge in [0.2, 0.25) is 5.91 Å². The van der Waals surface area contributed by atoms with Crippen LogP contribution >= 0.6 is 0 Å². The predicted molar refractivity (Wildman–Crippen MR) is 69.7 cm³/mol. The minimum atomic E-state index is 0.0253. The van der Waals surface area contributed by atoms with Crippen molar-refractivity contribution in [1.82, 2.24) is 15.2 Å². The number of carbonyl (C=O) groups excluding carboxylic acids is 1. The topological polar surface area (TPSA) is 69.8 Å². The summed E-state index contributed by atoms with van der Waals surface area (Å²) < 4.78 is 1.80. The number of rotatable bonds is 6. The highest BCUT2D eigenvalue weighted by Gasteiger charge is 2.05. The molecule has 1 aromatic rings. The molecule has 2 N–H and O–H groups in total. The summed E-state index contributed by atoms with van der Waals surface area (Å²) in [6.07, 6.45) is 1.93. The van der Waals surface area contributed by atoms with Crippen LogP contribution in [0.15, 0.2) is 12.3 Å². The van der Waals surface area contributed by atoms with Crippen molar-refractivity contribution in [2.45, 2.75) is 20.4 Å². The van der Waals surface area contributed by atoms with E-state index in [-0.39, 0.29) is 11.8 Å². The SMILES string of the molecule is CC(C)C(=O)NCCNCc1cc(C#N)n(C)c1. The molecule has 0 unspecified atom stereocenters. The Hall–Kier alpha value is -1.80. The Morgan fingerprint density at radius 3 is 2.78 bits per heavy atom. The molecule has 1 rings (SSSR count). The maximum absolute atomic E-state index is 11.3. The van der Waals surface area contributed by atoms with Crippen LogP contribution in [-0.2, 0) is 18.4 Å². The van der Waals surface area contributed by atoms with Crippen molar-refractivity contribution >= 4 is 5.91 Å². The van der Waals surface area contributed by atoms with E-state index in [1.165, 1.54) is 0 Å². The van der Waals surface area contributed by atoms with Crippen molar-refractivity contribution in [2.24, 2.45) is 13.0 Å². The zero-order chi connectivity index (χ0) is 13.5. The highest BCUT2D eigenvalue weighted by Crippen LogP contribution is 2.05. The lowest BCUT2D eigenvalue weighted by Gasteiger charge is -2.07. The molecule has 0 saturated heterocycles. The van der Waals surface area contributed by atoms with Crippen LogP contribution in [0.1, 0.15) is 25.1 Å². The average Bonchev–Trinajstić information content (AvgIpc) is 2.68. The zero-order valence-corrected chi connectivity index (χ0v) is 11.2. The van der Waals surface area contributed by atoms with Crippen molar-refractivity contribution in [2.75, 3.05) is 13.1 Å². The second-order valence-electron chi connectivity index (χ2n) is 4.58. The minimum Gasteiger partial charge on any atom is -0.355 e. The summed E-state index contributed by atoms with van der Waals surface area (Å²) in [6, 6.07) is 3.98. The van der Waals surface area contributed by atoms with Crippen LogP contribution in [0.25, 0.3) is 0 Å². The second-order valence-corrected chi connectivity index (χ2v) is 4.58. The normalized spacial score (nSPS) is 10.4. The summed E-state index contributed by atoms with van der Waals surface area (Å²) in [5, 5.41) is 14.9. The van der Waals surface area contributed by atoms with Gasteiger partial charge in [0, 0.05) is 38.8 Å². The number of aromatic nitrogens is 1. The number of carbonyl (C=O) groups is 1. The predicted octanol–water partition coefficient (Wildman–Crippen LogP) is 0.759.